The average Bonchev–Trinajstić information content (AvgIpc) is 3.56. The van der Waals surface area contributed by atoms with E-state index >= 15 is 0 Å². The Morgan fingerprint density at radius 2 is 1.77 bits per heavy atom. The first-order valence-electron chi connectivity index (χ1n) is 12.5. The Balaban J connectivity index is 1.39. The van der Waals surface area contributed by atoms with Gasteiger partial charge >= 0.3 is 0 Å². The number of hydrogen-bond donors (Lipinski definition) is 2. The molecule has 1 atom stereocenters. The van der Waals surface area contributed by atoms with Crippen LogP contribution in [0.5, 0.6) is 0 Å². The smallest absolute Gasteiger partial charge is 0.262 e. The first kappa shape index (κ1) is 25.4. The maximum Gasteiger partial charge on any atom is 0.262 e. The molecule has 188 valence electrons. The molecule has 2 N–H and O–H groups in total. The fourth-order valence-corrected chi connectivity index (χ4v) is 5.70. The molecule has 2 aliphatic heterocycles. The van der Waals surface area contributed by atoms with Crippen LogP contribution < -0.4 is 10.6 Å². The molecule has 8 heteroatoms. The van der Waals surface area contributed by atoms with Crippen LogP contribution in [0.4, 0.5) is 5.69 Å². The molecular weight excluding hydrogens is 460 g/mol. The molecule has 3 amide bonds. The van der Waals surface area contributed by atoms with Crippen LogP contribution in [0.15, 0.2) is 30.3 Å². The lowest BCUT2D eigenvalue weighted by atomic mass is 10.0. The lowest BCUT2D eigenvalue weighted by Gasteiger charge is -2.29. The molecule has 0 radical (unpaired) electrons. The number of carbonyl (C=O) groups is 3. The predicted molar refractivity (Wildman–Crippen MR) is 140 cm³/mol. The lowest BCUT2D eigenvalue weighted by molar-refractivity contribution is -0.120. The van der Waals surface area contributed by atoms with Crippen molar-refractivity contribution < 1.29 is 14.4 Å². The van der Waals surface area contributed by atoms with Gasteiger partial charge in [-0.2, -0.15) is 0 Å². The summed E-state index contributed by atoms with van der Waals surface area (Å²) in [6.07, 6.45) is 4.60. The Kier molecular flexibility index (Phi) is 7.62. The molecule has 1 aromatic carbocycles. The van der Waals surface area contributed by atoms with Crippen LogP contribution in [0.3, 0.4) is 0 Å². The summed E-state index contributed by atoms with van der Waals surface area (Å²) in [6.45, 7) is 11.2. The number of likely N-dealkylation sites (tertiary alicyclic amines) is 2. The van der Waals surface area contributed by atoms with E-state index < -0.39 is 5.54 Å². The summed E-state index contributed by atoms with van der Waals surface area (Å²) < 4.78 is 0. The van der Waals surface area contributed by atoms with Crippen molar-refractivity contribution in [2.45, 2.75) is 65.0 Å². The van der Waals surface area contributed by atoms with Gasteiger partial charge in [-0.05, 0) is 102 Å². The van der Waals surface area contributed by atoms with Crippen molar-refractivity contribution in [3.8, 4) is 0 Å². The van der Waals surface area contributed by atoms with Gasteiger partial charge in [0, 0.05) is 35.3 Å². The highest BCUT2D eigenvalue weighted by Gasteiger charge is 2.33. The van der Waals surface area contributed by atoms with Crippen molar-refractivity contribution in [2.75, 3.05) is 31.5 Å². The molecule has 2 aliphatic rings. The molecular formula is C27H36N4O3S. The number of aryl methyl sites for hydroxylation is 2. The molecule has 7 nitrogen and oxygen atoms in total. The van der Waals surface area contributed by atoms with E-state index in [1.807, 2.05) is 30.9 Å². The minimum Gasteiger partial charge on any atom is -0.337 e. The van der Waals surface area contributed by atoms with E-state index in [0.29, 0.717) is 16.1 Å². The Morgan fingerprint density at radius 1 is 1.03 bits per heavy atom. The topological polar surface area (TPSA) is 81.8 Å². The van der Waals surface area contributed by atoms with Gasteiger partial charge in [-0.3, -0.25) is 14.4 Å². The molecule has 2 aromatic rings. The summed E-state index contributed by atoms with van der Waals surface area (Å²) in [6, 6.07) is 9.32. The maximum atomic E-state index is 13.4. The number of amides is 3. The molecule has 1 unspecified atom stereocenters. The number of hydrogen-bond acceptors (Lipinski definition) is 5. The third-order valence-electron chi connectivity index (χ3n) is 6.98. The van der Waals surface area contributed by atoms with Crippen molar-refractivity contribution in [1.29, 1.82) is 0 Å². The van der Waals surface area contributed by atoms with E-state index in [1.54, 1.807) is 32.0 Å². The lowest BCUT2D eigenvalue weighted by Crippen LogP contribution is -2.52. The molecule has 4 rings (SSSR count). The monoisotopic (exact) mass is 496 g/mol. The number of nitrogens with zero attached hydrogens (tertiary/aromatic N) is 2. The van der Waals surface area contributed by atoms with E-state index in [9.17, 15) is 14.4 Å². The SMILES string of the molecule is Cc1ccc(C(=O)NC(C)(C)C(=O)Nc2ccc(C(=O)N3CCCC3CN3CCCC3)c(C)c2)s1. The second kappa shape index (κ2) is 10.5. The van der Waals surface area contributed by atoms with E-state index in [4.69, 9.17) is 0 Å². The van der Waals surface area contributed by atoms with Crippen molar-refractivity contribution >= 4 is 34.7 Å². The van der Waals surface area contributed by atoms with Gasteiger partial charge in [0.15, 0.2) is 0 Å². The summed E-state index contributed by atoms with van der Waals surface area (Å²) in [7, 11) is 0. The fourth-order valence-electron chi connectivity index (χ4n) is 4.94. The third kappa shape index (κ3) is 5.93. The summed E-state index contributed by atoms with van der Waals surface area (Å²) in [4.78, 5) is 45.0. The molecule has 2 fully saturated rings. The normalized spacial score (nSPS) is 18.6. The number of nitrogens with one attached hydrogen (secondary N) is 2. The van der Waals surface area contributed by atoms with Gasteiger partial charge in [0.05, 0.1) is 4.88 Å². The van der Waals surface area contributed by atoms with E-state index in [2.05, 4.69) is 15.5 Å². The Hall–Kier alpha value is -2.71. The van der Waals surface area contributed by atoms with Crippen LogP contribution in [0, 0.1) is 13.8 Å². The number of thiophene rings is 1. The molecule has 35 heavy (non-hydrogen) atoms. The number of rotatable bonds is 7. The van der Waals surface area contributed by atoms with Gasteiger partial charge in [0.1, 0.15) is 5.54 Å². The Bertz CT molecular complexity index is 1100. The van der Waals surface area contributed by atoms with Crippen LogP contribution >= 0.6 is 11.3 Å². The highest BCUT2D eigenvalue weighted by atomic mass is 32.1. The van der Waals surface area contributed by atoms with Crippen LogP contribution in [0.25, 0.3) is 0 Å². The summed E-state index contributed by atoms with van der Waals surface area (Å²) in [5.74, 6) is -0.516. The predicted octanol–water partition coefficient (Wildman–Crippen LogP) is 4.21. The largest absolute Gasteiger partial charge is 0.337 e. The van der Waals surface area contributed by atoms with Gasteiger partial charge in [-0.1, -0.05) is 0 Å². The van der Waals surface area contributed by atoms with Crippen molar-refractivity contribution in [3.63, 3.8) is 0 Å². The van der Waals surface area contributed by atoms with Gasteiger partial charge in [0.2, 0.25) is 5.91 Å². The van der Waals surface area contributed by atoms with Crippen LogP contribution in [0.1, 0.15) is 70.0 Å². The second-order valence-electron chi connectivity index (χ2n) is 10.3. The van der Waals surface area contributed by atoms with E-state index in [1.165, 1.54) is 24.2 Å². The Labute approximate surface area is 211 Å². The minimum atomic E-state index is -1.10. The average molecular weight is 497 g/mol. The van der Waals surface area contributed by atoms with Crippen LogP contribution in [0.2, 0.25) is 0 Å². The zero-order valence-electron chi connectivity index (χ0n) is 21.1. The highest BCUT2D eigenvalue weighted by Crippen LogP contribution is 2.25. The highest BCUT2D eigenvalue weighted by molar-refractivity contribution is 7.13. The number of carbonyl (C=O) groups excluding carboxylic acids is 3. The molecule has 0 bridgehead atoms. The molecule has 0 spiro atoms. The first-order chi connectivity index (χ1) is 16.6. The Morgan fingerprint density at radius 3 is 2.43 bits per heavy atom. The van der Waals surface area contributed by atoms with Crippen molar-refractivity contribution in [2.24, 2.45) is 0 Å². The minimum absolute atomic E-state index is 0.0703. The summed E-state index contributed by atoms with van der Waals surface area (Å²) >= 11 is 1.40. The van der Waals surface area contributed by atoms with Gasteiger partial charge < -0.3 is 20.4 Å². The fraction of sp³-hybridized carbons (Fsp3) is 0.519. The van der Waals surface area contributed by atoms with Crippen molar-refractivity contribution in [3.05, 3.63) is 51.2 Å². The summed E-state index contributed by atoms with van der Waals surface area (Å²) in [5.41, 5.74) is 1.01. The van der Waals surface area contributed by atoms with Gasteiger partial charge in [0.25, 0.3) is 11.8 Å². The zero-order chi connectivity index (χ0) is 25.2. The van der Waals surface area contributed by atoms with Crippen LogP contribution in [-0.4, -0.2) is 65.3 Å². The summed E-state index contributed by atoms with van der Waals surface area (Å²) in [5, 5.41) is 5.71. The van der Waals surface area contributed by atoms with Gasteiger partial charge in [-0.15, -0.1) is 11.3 Å². The zero-order valence-corrected chi connectivity index (χ0v) is 22.0. The van der Waals surface area contributed by atoms with Gasteiger partial charge in [-0.25, -0.2) is 0 Å². The number of anilines is 1. The molecule has 0 aliphatic carbocycles. The molecule has 2 saturated heterocycles. The molecule has 1 aromatic heterocycles. The first-order valence-corrected chi connectivity index (χ1v) is 13.3. The molecule has 0 saturated carbocycles. The van der Waals surface area contributed by atoms with E-state index in [0.717, 1.165) is 49.5 Å². The molecule has 3 heterocycles. The van der Waals surface area contributed by atoms with Crippen LogP contribution in [-0.2, 0) is 4.79 Å². The van der Waals surface area contributed by atoms with E-state index in [-0.39, 0.29) is 23.8 Å². The quantitative estimate of drug-likeness (QED) is 0.602. The standard InChI is InChI=1S/C27H36N4O3S/c1-18-16-20(28-26(34)27(3,4)29-24(32)23-12-9-19(2)35-23)10-11-22(18)25(33)31-15-7-8-21(31)17-30-13-5-6-14-30/h9-12,16,21H,5-8,13-15,17H2,1-4H3,(H,28,34)(H,29,32). The number of benzene rings is 1. The maximum absolute atomic E-state index is 13.4. The van der Waals surface area contributed by atoms with Crippen molar-refractivity contribution in [1.82, 2.24) is 15.1 Å². The third-order valence-corrected chi connectivity index (χ3v) is 7.98. The second-order valence-corrected chi connectivity index (χ2v) is 11.6.